The zero-order valence-corrected chi connectivity index (χ0v) is 13.0. The van der Waals surface area contributed by atoms with Gasteiger partial charge in [0.25, 0.3) is 0 Å². The summed E-state index contributed by atoms with van der Waals surface area (Å²) in [6, 6.07) is 0. The quantitative estimate of drug-likeness (QED) is 0.762. The number of aliphatic carboxylic acids is 1. The molecule has 0 aromatic carbocycles. The van der Waals surface area contributed by atoms with Crippen molar-refractivity contribution >= 4 is 11.9 Å². The first-order chi connectivity index (χ1) is 9.32. The van der Waals surface area contributed by atoms with Gasteiger partial charge < -0.3 is 10.0 Å². The smallest absolute Gasteiger partial charge is 0.307 e. The Balaban J connectivity index is 2.85. The molecule has 20 heavy (non-hydrogen) atoms. The molecule has 4 nitrogen and oxygen atoms in total. The van der Waals surface area contributed by atoms with Gasteiger partial charge in [0, 0.05) is 13.1 Å². The highest BCUT2D eigenvalue weighted by Gasteiger charge is 2.36. The molecule has 0 saturated carbocycles. The molecule has 1 rings (SSSR count). The number of allylic oxidation sites excluding steroid dienone is 2. The Kier molecular flexibility index (Phi) is 6.24. The summed E-state index contributed by atoms with van der Waals surface area (Å²) in [5.74, 6) is -1.06. The summed E-state index contributed by atoms with van der Waals surface area (Å²) >= 11 is 0. The Labute approximate surface area is 121 Å². The molecule has 0 bridgehead atoms. The first-order valence-corrected chi connectivity index (χ1v) is 7.49. The first-order valence-electron chi connectivity index (χ1n) is 7.49. The Morgan fingerprint density at radius 2 is 1.50 bits per heavy atom. The number of hydrogen-bond donors (Lipinski definition) is 1. The molecule has 0 spiro atoms. The number of carbonyl (C=O) groups is 2. The highest BCUT2D eigenvalue weighted by molar-refractivity contribution is 5.85. The summed E-state index contributed by atoms with van der Waals surface area (Å²) in [6.07, 6.45) is 4.81. The third-order valence-corrected chi connectivity index (χ3v) is 3.55. The van der Waals surface area contributed by atoms with Crippen LogP contribution in [0.4, 0.5) is 0 Å². The molecule has 2 atom stereocenters. The van der Waals surface area contributed by atoms with Crippen LogP contribution in [0.1, 0.15) is 40.5 Å². The van der Waals surface area contributed by atoms with E-state index in [-0.39, 0.29) is 5.91 Å². The van der Waals surface area contributed by atoms with Gasteiger partial charge in [0.2, 0.25) is 5.91 Å². The molecule has 0 radical (unpaired) electrons. The second-order valence-corrected chi connectivity index (χ2v) is 6.52. The molecule has 1 N–H and O–H groups in total. The molecule has 0 heterocycles. The van der Waals surface area contributed by atoms with Crippen LogP contribution in [0.3, 0.4) is 0 Å². The lowest BCUT2D eigenvalue weighted by Gasteiger charge is -2.33. The number of carboxylic acid groups (broad SMARTS) is 1. The van der Waals surface area contributed by atoms with E-state index in [9.17, 15) is 14.7 Å². The largest absolute Gasteiger partial charge is 0.481 e. The Morgan fingerprint density at radius 1 is 1.05 bits per heavy atom. The molecule has 0 saturated heterocycles. The SMILES string of the molecule is CC(C)CN(CC(C)C)C(=O)[C@H]1CC=CC[C@H]1C(=O)O. The van der Waals surface area contributed by atoms with Crippen molar-refractivity contribution in [3.05, 3.63) is 12.2 Å². The van der Waals surface area contributed by atoms with E-state index in [0.717, 1.165) is 0 Å². The van der Waals surface area contributed by atoms with Gasteiger partial charge in [0.05, 0.1) is 11.8 Å². The molecule has 114 valence electrons. The van der Waals surface area contributed by atoms with E-state index in [1.54, 1.807) is 0 Å². The molecule has 0 unspecified atom stereocenters. The average molecular weight is 281 g/mol. The fourth-order valence-corrected chi connectivity index (χ4v) is 2.73. The molecular weight excluding hydrogens is 254 g/mol. The number of carbonyl (C=O) groups excluding carboxylic acids is 1. The number of rotatable bonds is 6. The van der Waals surface area contributed by atoms with E-state index in [4.69, 9.17) is 0 Å². The van der Waals surface area contributed by atoms with Gasteiger partial charge in [-0.25, -0.2) is 0 Å². The molecule has 0 fully saturated rings. The maximum atomic E-state index is 12.7. The summed E-state index contributed by atoms with van der Waals surface area (Å²) in [6.45, 7) is 9.71. The van der Waals surface area contributed by atoms with E-state index in [1.807, 2.05) is 17.1 Å². The van der Waals surface area contributed by atoms with E-state index >= 15 is 0 Å². The standard InChI is InChI=1S/C16H27NO3/c1-11(2)9-17(10-12(3)4)15(18)13-7-5-6-8-14(13)16(19)20/h5-6,11-14H,7-10H2,1-4H3,(H,19,20)/t13-,14+/m0/s1. The molecule has 1 aliphatic carbocycles. The summed E-state index contributed by atoms with van der Waals surface area (Å²) in [5.41, 5.74) is 0. The van der Waals surface area contributed by atoms with Crippen LogP contribution in [0.2, 0.25) is 0 Å². The van der Waals surface area contributed by atoms with E-state index in [2.05, 4.69) is 27.7 Å². The monoisotopic (exact) mass is 281 g/mol. The van der Waals surface area contributed by atoms with Crippen molar-refractivity contribution in [3.8, 4) is 0 Å². The maximum absolute atomic E-state index is 12.7. The van der Waals surface area contributed by atoms with Crippen LogP contribution in [0, 0.1) is 23.7 Å². The van der Waals surface area contributed by atoms with Gasteiger partial charge in [0.1, 0.15) is 0 Å². The van der Waals surface area contributed by atoms with Crippen molar-refractivity contribution in [2.45, 2.75) is 40.5 Å². The number of hydrogen-bond acceptors (Lipinski definition) is 2. The van der Waals surface area contributed by atoms with Crippen LogP contribution in [-0.4, -0.2) is 35.0 Å². The van der Waals surface area contributed by atoms with Gasteiger partial charge in [-0.2, -0.15) is 0 Å². The van der Waals surface area contributed by atoms with E-state index in [0.29, 0.717) is 37.8 Å². The predicted molar refractivity (Wildman–Crippen MR) is 79.2 cm³/mol. The molecule has 1 aliphatic rings. The Hall–Kier alpha value is -1.32. The fourth-order valence-electron chi connectivity index (χ4n) is 2.73. The van der Waals surface area contributed by atoms with Crippen molar-refractivity contribution in [1.82, 2.24) is 4.90 Å². The number of carboxylic acids is 1. The normalized spacial score (nSPS) is 22.3. The Morgan fingerprint density at radius 3 is 1.90 bits per heavy atom. The van der Waals surface area contributed by atoms with Gasteiger partial charge in [-0.15, -0.1) is 0 Å². The maximum Gasteiger partial charge on any atom is 0.307 e. The first kappa shape index (κ1) is 16.7. The summed E-state index contributed by atoms with van der Waals surface area (Å²) in [5, 5.41) is 9.30. The van der Waals surface area contributed by atoms with Crippen LogP contribution in [0.5, 0.6) is 0 Å². The lowest BCUT2D eigenvalue weighted by Crippen LogP contribution is -2.44. The van der Waals surface area contributed by atoms with Gasteiger partial charge in [-0.1, -0.05) is 39.8 Å². The minimum absolute atomic E-state index is 0.00384. The molecule has 0 aromatic heterocycles. The molecule has 0 aromatic rings. The molecule has 0 aliphatic heterocycles. The topological polar surface area (TPSA) is 57.6 Å². The van der Waals surface area contributed by atoms with Crippen molar-refractivity contribution in [3.63, 3.8) is 0 Å². The van der Waals surface area contributed by atoms with Crippen LogP contribution in [0.25, 0.3) is 0 Å². The van der Waals surface area contributed by atoms with Crippen LogP contribution < -0.4 is 0 Å². The summed E-state index contributed by atoms with van der Waals surface area (Å²) in [7, 11) is 0. The zero-order valence-electron chi connectivity index (χ0n) is 13.0. The molecule has 1 amide bonds. The average Bonchev–Trinajstić information content (AvgIpc) is 2.36. The van der Waals surface area contributed by atoms with Crippen molar-refractivity contribution in [1.29, 1.82) is 0 Å². The van der Waals surface area contributed by atoms with E-state index < -0.39 is 17.8 Å². The van der Waals surface area contributed by atoms with Gasteiger partial charge in [-0.3, -0.25) is 9.59 Å². The molecule has 4 heteroatoms. The van der Waals surface area contributed by atoms with E-state index in [1.165, 1.54) is 0 Å². The minimum Gasteiger partial charge on any atom is -0.481 e. The van der Waals surface area contributed by atoms with Crippen LogP contribution >= 0.6 is 0 Å². The third-order valence-electron chi connectivity index (χ3n) is 3.55. The van der Waals surface area contributed by atoms with Gasteiger partial charge in [0.15, 0.2) is 0 Å². The number of nitrogens with zero attached hydrogens (tertiary/aromatic N) is 1. The second kappa shape index (κ2) is 7.46. The molecular formula is C16H27NO3. The highest BCUT2D eigenvalue weighted by atomic mass is 16.4. The van der Waals surface area contributed by atoms with Crippen molar-refractivity contribution in [2.75, 3.05) is 13.1 Å². The van der Waals surface area contributed by atoms with Gasteiger partial charge in [-0.05, 0) is 24.7 Å². The zero-order chi connectivity index (χ0) is 15.3. The Bertz CT molecular complexity index is 364. The lowest BCUT2D eigenvalue weighted by molar-refractivity contribution is -0.151. The van der Waals surface area contributed by atoms with Crippen LogP contribution in [-0.2, 0) is 9.59 Å². The number of amides is 1. The van der Waals surface area contributed by atoms with Crippen molar-refractivity contribution in [2.24, 2.45) is 23.7 Å². The second-order valence-electron chi connectivity index (χ2n) is 6.52. The summed E-state index contributed by atoms with van der Waals surface area (Å²) in [4.78, 5) is 25.9. The van der Waals surface area contributed by atoms with Gasteiger partial charge >= 0.3 is 5.97 Å². The van der Waals surface area contributed by atoms with Crippen molar-refractivity contribution < 1.29 is 14.7 Å². The minimum atomic E-state index is -0.859. The summed E-state index contributed by atoms with van der Waals surface area (Å²) < 4.78 is 0. The predicted octanol–water partition coefficient (Wildman–Crippen LogP) is 2.79. The van der Waals surface area contributed by atoms with Crippen LogP contribution in [0.15, 0.2) is 12.2 Å². The highest BCUT2D eigenvalue weighted by Crippen LogP contribution is 2.28. The fraction of sp³-hybridized carbons (Fsp3) is 0.750. The third kappa shape index (κ3) is 4.66. The lowest BCUT2D eigenvalue weighted by atomic mass is 9.82.